The van der Waals surface area contributed by atoms with E-state index in [4.69, 9.17) is 0 Å². The van der Waals surface area contributed by atoms with Crippen molar-refractivity contribution in [2.75, 3.05) is 5.32 Å². The first kappa shape index (κ1) is 16.1. The second kappa shape index (κ2) is 6.41. The first-order valence-corrected chi connectivity index (χ1v) is 7.98. The molecule has 0 fully saturated rings. The molecule has 120 valence electrons. The van der Waals surface area contributed by atoms with Gasteiger partial charge < -0.3 is 10.3 Å². The number of fused-ring (bicyclic) bond motifs is 1. The number of pyridine rings is 1. The van der Waals surface area contributed by atoms with Crippen LogP contribution < -0.4 is 10.9 Å². The summed E-state index contributed by atoms with van der Waals surface area (Å²) in [6, 6.07) is 13.5. The number of carbonyl (C=O) groups is 2. The minimum atomic E-state index is -0.529. The Labute approximate surface area is 145 Å². The van der Waals surface area contributed by atoms with Crippen LogP contribution in [0.1, 0.15) is 27.6 Å². The third kappa shape index (κ3) is 3.28. The van der Waals surface area contributed by atoms with Gasteiger partial charge in [0.15, 0.2) is 5.78 Å². The van der Waals surface area contributed by atoms with Gasteiger partial charge in [0, 0.05) is 26.6 Å². The third-order valence-corrected chi connectivity index (χ3v) is 4.07. The van der Waals surface area contributed by atoms with Crippen LogP contribution in [-0.4, -0.2) is 16.7 Å². The molecule has 0 aliphatic carbocycles. The lowest BCUT2D eigenvalue weighted by Crippen LogP contribution is -2.23. The van der Waals surface area contributed by atoms with Crippen LogP contribution in [0.2, 0.25) is 0 Å². The van der Waals surface area contributed by atoms with Crippen molar-refractivity contribution in [1.82, 2.24) is 4.98 Å². The van der Waals surface area contributed by atoms with E-state index in [1.807, 2.05) is 12.1 Å². The molecule has 0 atom stereocenters. The zero-order valence-electron chi connectivity index (χ0n) is 12.7. The van der Waals surface area contributed by atoms with Crippen LogP contribution in [0.4, 0.5) is 5.69 Å². The number of carbonyl (C=O) groups excluding carboxylic acids is 2. The standard InChI is InChI=1S/C18H13BrN2O3/c1-10(22)11-3-2-4-14(8-11)20-17(23)15-9-12-7-13(19)5-6-16(12)21-18(15)24/h2-9H,1H3,(H,20,23)(H,21,24). The van der Waals surface area contributed by atoms with Crippen molar-refractivity contribution in [3.05, 3.63) is 74.5 Å². The number of anilines is 1. The average Bonchev–Trinajstić information content (AvgIpc) is 2.54. The smallest absolute Gasteiger partial charge is 0.261 e. The molecule has 0 spiro atoms. The number of aromatic nitrogens is 1. The second-order valence-electron chi connectivity index (χ2n) is 5.33. The summed E-state index contributed by atoms with van der Waals surface area (Å²) >= 11 is 3.36. The first-order chi connectivity index (χ1) is 11.4. The number of H-pyrrole nitrogens is 1. The predicted octanol–water partition coefficient (Wildman–Crippen LogP) is 3.75. The lowest BCUT2D eigenvalue weighted by molar-refractivity contribution is 0.101. The second-order valence-corrected chi connectivity index (χ2v) is 6.25. The van der Waals surface area contributed by atoms with E-state index >= 15 is 0 Å². The molecule has 0 aliphatic rings. The molecule has 0 bridgehead atoms. The van der Waals surface area contributed by atoms with Crippen LogP contribution in [0.3, 0.4) is 0 Å². The van der Waals surface area contributed by atoms with Gasteiger partial charge in [-0.15, -0.1) is 0 Å². The van der Waals surface area contributed by atoms with Crippen LogP contribution in [0.5, 0.6) is 0 Å². The fourth-order valence-corrected chi connectivity index (χ4v) is 2.74. The maximum absolute atomic E-state index is 12.4. The van der Waals surface area contributed by atoms with E-state index in [1.54, 1.807) is 36.4 Å². The van der Waals surface area contributed by atoms with E-state index in [0.717, 1.165) is 9.86 Å². The molecule has 2 aromatic carbocycles. The Bertz CT molecular complexity index is 1020. The van der Waals surface area contributed by atoms with E-state index in [0.29, 0.717) is 16.8 Å². The van der Waals surface area contributed by atoms with Crippen molar-refractivity contribution < 1.29 is 9.59 Å². The Balaban J connectivity index is 1.96. The average molecular weight is 385 g/mol. The lowest BCUT2D eigenvalue weighted by Gasteiger charge is -2.07. The summed E-state index contributed by atoms with van der Waals surface area (Å²) in [6.45, 7) is 1.45. The SMILES string of the molecule is CC(=O)c1cccc(NC(=O)c2cc3cc(Br)ccc3[nH]c2=O)c1. The monoisotopic (exact) mass is 384 g/mol. The molecular formula is C18H13BrN2O3. The van der Waals surface area contributed by atoms with E-state index < -0.39 is 11.5 Å². The van der Waals surface area contributed by atoms with Gasteiger partial charge in [0.1, 0.15) is 5.56 Å². The summed E-state index contributed by atoms with van der Waals surface area (Å²) in [4.78, 5) is 38.7. The number of ketones is 1. The molecule has 0 saturated carbocycles. The number of amides is 1. The van der Waals surface area contributed by atoms with Crippen LogP contribution in [0.15, 0.2) is 57.8 Å². The molecule has 1 amide bonds. The number of aromatic amines is 1. The largest absolute Gasteiger partial charge is 0.322 e. The fourth-order valence-electron chi connectivity index (χ4n) is 2.36. The van der Waals surface area contributed by atoms with Crippen LogP contribution >= 0.6 is 15.9 Å². The van der Waals surface area contributed by atoms with Crippen LogP contribution in [-0.2, 0) is 0 Å². The molecule has 0 saturated heterocycles. The first-order valence-electron chi connectivity index (χ1n) is 7.19. The summed E-state index contributed by atoms with van der Waals surface area (Å²) in [5.41, 5.74) is 1.14. The highest BCUT2D eigenvalue weighted by molar-refractivity contribution is 9.10. The van der Waals surface area contributed by atoms with Gasteiger partial charge in [-0.3, -0.25) is 14.4 Å². The Morgan fingerprint density at radius 2 is 1.88 bits per heavy atom. The zero-order valence-corrected chi connectivity index (χ0v) is 14.3. The molecule has 3 aromatic rings. The number of hydrogen-bond acceptors (Lipinski definition) is 3. The summed E-state index contributed by atoms with van der Waals surface area (Å²) in [6.07, 6.45) is 0. The van der Waals surface area contributed by atoms with Crippen molar-refractivity contribution in [2.45, 2.75) is 6.92 Å². The molecule has 0 radical (unpaired) electrons. The zero-order chi connectivity index (χ0) is 17.3. The Morgan fingerprint density at radius 3 is 2.62 bits per heavy atom. The van der Waals surface area contributed by atoms with Crippen molar-refractivity contribution in [3.63, 3.8) is 0 Å². The van der Waals surface area contributed by atoms with Gasteiger partial charge in [-0.1, -0.05) is 28.1 Å². The molecule has 2 N–H and O–H groups in total. The maximum Gasteiger partial charge on any atom is 0.261 e. The summed E-state index contributed by atoms with van der Waals surface area (Å²) in [5.74, 6) is -0.627. The van der Waals surface area contributed by atoms with Crippen molar-refractivity contribution in [1.29, 1.82) is 0 Å². The maximum atomic E-state index is 12.4. The fraction of sp³-hybridized carbons (Fsp3) is 0.0556. The van der Waals surface area contributed by atoms with Crippen molar-refractivity contribution >= 4 is 44.2 Å². The highest BCUT2D eigenvalue weighted by atomic mass is 79.9. The topological polar surface area (TPSA) is 79.0 Å². The molecule has 5 nitrogen and oxygen atoms in total. The summed E-state index contributed by atoms with van der Waals surface area (Å²) in [7, 11) is 0. The lowest BCUT2D eigenvalue weighted by atomic mass is 10.1. The molecule has 1 heterocycles. The number of hydrogen-bond donors (Lipinski definition) is 2. The van der Waals surface area contributed by atoms with E-state index in [-0.39, 0.29) is 11.3 Å². The molecule has 3 rings (SSSR count). The summed E-state index contributed by atoms with van der Waals surface area (Å²) < 4.78 is 0.850. The van der Waals surface area contributed by atoms with Crippen LogP contribution in [0.25, 0.3) is 10.9 Å². The molecular weight excluding hydrogens is 372 g/mol. The highest BCUT2D eigenvalue weighted by Crippen LogP contribution is 2.18. The van der Waals surface area contributed by atoms with Gasteiger partial charge in [-0.05, 0) is 43.3 Å². The molecule has 6 heteroatoms. The molecule has 1 aromatic heterocycles. The molecule has 0 unspecified atom stereocenters. The van der Waals surface area contributed by atoms with Crippen LogP contribution in [0, 0.1) is 0 Å². The van der Waals surface area contributed by atoms with Gasteiger partial charge in [-0.25, -0.2) is 0 Å². The number of nitrogens with one attached hydrogen (secondary N) is 2. The van der Waals surface area contributed by atoms with E-state index in [9.17, 15) is 14.4 Å². The molecule has 0 aliphatic heterocycles. The number of halogens is 1. The van der Waals surface area contributed by atoms with Crippen molar-refractivity contribution in [2.24, 2.45) is 0 Å². The van der Waals surface area contributed by atoms with Gasteiger partial charge in [-0.2, -0.15) is 0 Å². The highest BCUT2D eigenvalue weighted by Gasteiger charge is 2.13. The van der Waals surface area contributed by atoms with Crippen molar-refractivity contribution in [3.8, 4) is 0 Å². The minimum Gasteiger partial charge on any atom is -0.322 e. The van der Waals surface area contributed by atoms with Gasteiger partial charge >= 0.3 is 0 Å². The van der Waals surface area contributed by atoms with Gasteiger partial charge in [0.25, 0.3) is 11.5 Å². The predicted molar refractivity (Wildman–Crippen MR) is 96.7 cm³/mol. The van der Waals surface area contributed by atoms with E-state index in [1.165, 1.54) is 6.92 Å². The van der Waals surface area contributed by atoms with Gasteiger partial charge in [0.05, 0.1) is 0 Å². The number of Topliss-reactive ketones (excluding diaryl/α,β-unsaturated/α-hetero) is 1. The Kier molecular flexibility index (Phi) is 4.31. The number of benzene rings is 2. The normalized spacial score (nSPS) is 10.6. The molecule has 24 heavy (non-hydrogen) atoms. The van der Waals surface area contributed by atoms with Gasteiger partial charge in [0.2, 0.25) is 0 Å². The summed E-state index contributed by atoms with van der Waals surface area (Å²) in [5, 5.41) is 3.39. The Hall–Kier alpha value is -2.73. The third-order valence-electron chi connectivity index (χ3n) is 3.58. The minimum absolute atomic E-state index is 0.00817. The quantitative estimate of drug-likeness (QED) is 0.674. The Morgan fingerprint density at radius 1 is 1.08 bits per heavy atom. The van der Waals surface area contributed by atoms with E-state index in [2.05, 4.69) is 26.2 Å². The number of rotatable bonds is 3.